The fourth-order valence-electron chi connectivity index (χ4n) is 3.92. The van der Waals surface area contributed by atoms with E-state index in [1.807, 2.05) is 71.6 Å². The van der Waals surface area contributed by atoms with Crippen molar-refractivity contribution in [1.29, 1.82) is 0 Å². The van der Waals surface area contributed by atoms with Gasteiger partial charge in [0.25, 0.3) is 0 Å². The van der Waals surface area contributed by atoms with Crippen molar-refractivity contribution < 1.29 is 14.6 Å². The Morgan fingerprint density at radius 1 is 0.968 bits per heavy atom. The second-order valence-corrected chi connectivity index (χ2v) is 7.99. The lowest BCUT2D eigenvalue weighted by atomic mass is 10.0. The molecule has 0 saturated carbocycles. The van der Waals surface area contributed by atoms with Crippen LogP contribution >= 0.6 is 11.6 Å². The highest BCUT2D eigenvalue weighted by atomic mass is 35.5. The van der Waals surface area contributed by atoms with Crippen LogP contribution in [-0.2, 0) is 11.3 Å². The van der Waals surface area contributed by atoms with E-state index in [2.05, 4.69) is 17.0 Å². The number of rotatable bonds is 7. The summed E-state index contributed by atoms with van der Waals surface area (Å²) in [6, 6.07) is 25.2. The number of ether oxygens (including phenoxy) is 1. The fraction of sp³-hybridized carbons (Fsp3) is 0.240. The minimum atomic E-state index is -0.133. The minimum absolute atomic E-state index is 0.0394. The molecule has 31 heavy (non-hydrogen) atoms. The van der Waals surface area contributed by atoms with Crippen LogP contribution in [0.1, 0.15) is 17.2 Å². The zero-order valence-electron chi connectivity index (χ0n) is 17.2. The highest BCUT2D eigenvalue weighted by Crippen LogP contribution is 2.33. The first-order valence-electron chi connectivity index (χ1n) is 10.3. The predicted octanol–water partition coefficient (Wildman–Crippen LogP) is 4.30. The maximum absolute atomic E-state index is 13.3. The first kappa shape index (κ1) is 21.4. The van der Waals surface area contributed by atoms with Crippen LogP contribution in [0.3, 0.4) is 0 Å². The summed E-state index contributed by atoms with van der Waals surface area (Å²) in [4.78, 5) is 17.3. The second kappa shape index (κ2) is 9.96. The van der Waals surface area contributed by atoms with Crippen LogP contribution in [0.15, 0.2) is 78.9 Å². The van der Waals surface area contributed by atoms with Crippen molar-refractivity contribution >= 4 is 23.2 Å². The zero-order chi connectivity index (χ0) is 21.6. The van der Waals surface area contributed by atoms with E-state index in [0.29, 0.717) is 23.9 Å². The van der Waals surface area contributed by atoms with Crippen molar-refractivity contribution in [2.75, 3.05) is 31.2 Å². The summed E-state index contributed by atoms with van der Waals surface area (Å²) in [6.07, 6.45) is 0. The molecule has 1 amide bonds. The number of benzene rings is 3. The van der Waals surface area contributed by atoms with E-state index >= 15 is 0 Å². The lowest BCUT2D eigenvalue weighted by Crippen LogP contribution is -2.52. The minimum Gasteiger partial charge on any atom is -0.491 e. The Bertz CT molecular complexity index is 994. The fourth-order valence-corrected chi connectivity index (χ4v) is 4.05. The Kier molecular flexibility index (Phi) is 6.87. The van der Waals surface area contributed by atoms with Gasteiger partial charge in [-0.05, 0) is 47.5 Å². The lowest BCUT2D eigenvalue weighted by molar-refractivity contribution is -0.122. The molecule has 5 nitrogen and oxygen atoms in total. The molecule has 3 aromatic carbocycles. The molecule has 6 heteroatoms. The molecular weight excluding hydrogens is 412 g/mol. The van der Waals surface area contributed by atoms with Crippen LogP contribution in [0.4, 0.5) is 5.69 Å². The van der Waals surface area contributed by atoms with Crippen molar-refractivity contribution in [2.24, 2.45) is 0 Å². The average molecular weight is 437 g/mol. The average Bonchev–Trinajstić information content (AvgIpc) is 2.79. The number of anilines is 1. The number of carbonyl (C=O) groups is 1. The molecule has 1 saturated heterocycles. The molecule has 0 radical (unpaired) electrons. The molecule has 0 unspecified atom stereocenters. The number of aliphatic hydroxyl groups excluding tert-OH is 1. The molecule has 0 aromatic heterocycles. The quantitative estimate of drug-likeness (QED) is 0.600. The maximum atomic E-state index is 13.3. The van der Waals surface area contributed by atoms with E-state index in [-0.39, 0.29) is 25.2 Å². The van der Waals surface area contributed by atoms with Crippen molar-refractivity contribution in [3.63, 3.8) is 0 Å². The molecule has 1 heterocycles. The van der Waals surface area contributed by atoms with Crippen LogP contribution in [0.25, 0.3) is 0 Å². The van der Waals surface area contributed by atoms with Gasteiger partial charge in [-0.25, -0.2) is 0 Å². The van der Waals surface area contributed by atoms with Gasteiger partial charge in [0.15, 0.2) is 0 Å². The number of nitrogens with zero attached hydrogens (tertiary/aromatic N) is 2. The highest BCUT2D eigenvalue weighted by Gasteiger charge is 2.34. The van der Waals surface area contributed by atoms with E-state index < -0.39 is 0 Å². The summed E-state index contributed by atoms with van der Waals surface area (Å²) in [5.41, 5.74) is 3.04. The SMILES string of the molecule is O=C1CN(Cc2ccccc2)C[C@@H](c2ccc(Cl)cc2)N1c1ccc(OCCO)cc1. The van der Waals surface area contributed by atoms with E-state index in [1.165, 1.54) is 5.56 Å². The third-order valence-electron chi connectivity index (χ3n) is 5.35. The molecule has 1 N–H and O–H groups in total. The summed E-state index contributed by atoms with van der Waals surface area (Å²) in [7, 11) is 0. The standard InChI is InChI=1S/C25H25ClN2O3/c26-21-8-6-20(7-9-21)24-17-27(16-19-4-2-1-3-5-19)18-25(30)28(24)22-10-12-23(13-11-22)31-15-14-29/h1-13,24,29H,14-18H2/t24-/m0/s1. The van der Waals surface area contributed by atoms with E-state index in [9.17, 15) is 4.79 Å². The Morgan fingerprint density at radius 2 is 1.68 bits per heavy atom. The maximum Gasteiger partial charge on any atom is 0.241 e. The van der Waals surface area contributed by atoms with Gasteiger partial charge in [-0.3, -0.25) is 9.69 Å². The van der Waals surface area contributed by atoms with Crippen LogP contribution < -0.4 is 9.64 Å². The third-order valence-corrected chi connectivity index (χ3v) is 5.60. The predicted molar refractivity (Wildman–Crippen MR) is 122 cm³/mol. The Labute approximate surface area is 187 Å². The van der Waals surface area contributed by atoms with Gasteiger partial charge < -0.3 is 14.7 Å². The smallest absolute Gasteiger partial charge is 0.241 e. The van der Waals surface area contributed by atoms with Gasteiger partial charge in [-0.2, -0.15) is 0 Å². The summed E-state index contributed by atoms with van der Waals surface area (Å²) in [6.45, 7) is 1.98. The van der Waals surface area contributed by atoms with Gasteiger partial charge in [0, 0.05) is 23.8 Å². The third kappa shape index (κ3) is 5.25. The van der Waals surface area contributed by atoms with Crippen LogP contribution in [-0.4, -0.2) is 42.2 Å². The van der Waals surface area contributed by atoms with Gasteiger partial charge in [0.05, 0.1) is 19.2 Å². The van der Waals surface area contributed by atoms with Gasteiger partial charge in [0.1, 0.15) is 12.4 Å². The van der Waals surface area contributed by atoms with E-state index in [4.69, 9.17) is 21.4 Å². The largest absolute Gasteiger partial charge is 0.491 e. The second-order valence-electron chi connectivity index (χ2n) is 7.55. The van der Waals surface area contributed by atoms with Crippen molar-refractivity contribution in [3.8, 4) is 5.75 Å². The summed E-state index contributed by atoms with van der Waals surface area (Å²) >= 11 is 6.11. The van der Waals surface area contributed by atoms with Gasteiger partial charge in [-0.1, -0.05) is 54.1 Å². The first-order valence-corrected chi connectivity index (χ1v) is 10.7. The van der Waals surface area contributed by atoms with Crippen molar-refractivity contribution in [3.05, 3.63) is 95.0 Å². The number of halogens is 1. The number of hydrogen-bond donors (Lipinski definition) is 1. The van der Waals surface area contributed by atoms with Crippen LogP contribution in [0.2, 0.25) is 5.02 Å². The van der Waals surface area contributed by atoms with Crippen LogP contribution in [0, 0.1) is 0 Å². The molecule has 160 valence electrons. The Morgan fingerprint density at radius 3 is 2.35 bits per heavy atom. The number of amides is 1. The molecule has 1 fully saturated rings. The summed E-state index contributed by atoms with van der Waals surface area (Å²) in [5, 5.41) is 9.61. The van der Waals surface area contributed by atoms with E-state index in [0.717, 1.165) is 17.8 Å². The van der Waals surface area contributed by atoms with E-state index in [1.54, 1.807) is 0 Å². The van der Waals surface area contributed by atoms with Crippen molar-refractivity contribution in [1.82, 2.24) is 4.90 Å². The topological polar surface area (TPSA) is 53.0 Å². The van der Waals surface area contributed by atoms with Crippen molar-refractivity contribution in [2.45, 2.75) is 12.6 Å². The molecule has 1 aliphatic rings. The van der Waals surface area contributed by atoms with Crippen LogP contribution in [0.5, 0.6) is 5.75 Å². The Balaban J connectivity index is 1.61. The number of hydrogen-bond acceptors (Lipinski definition) is 4. The summed E-state index contributed by atoms with van der Waals surface area (Å²) < 4.78 is 5.46. The zero-order valence-corrected chi connectivity index (χ0v) is 17.9. The highest BCUT2D eigenvalue weighted by molar-refractivity contribution is 6.30. The molecule has 0 spiro atoms. The Hall–Kier alpha value is -2.86. The number of piperazine rings is 1. The molecule has 0 aliphatic carbocycles. The molecule has 4 rings (SSSR count). The lowest BCUT2D eigenvalue weighted by Gasteiger charge is -2.41. The van der Waals surface area contributed by atoms with Gasteiger partial charge in [-0.15, -0.1) is 0 Å². The number of carbonyl (C=O) groups excluding carboxylic acids is 1. The monoisotopic (exact) mass is 436 g/mol. The number of aliphatic hydroxyl groups is 1. The van der Waals surface area contributed by atoms with Gasteiger partial charge >= 0.3 is 0 Å². The van der Waals surface area contributed by atoms with Gasteiger partial charge in [0.2, 0.25) is 5.91 Å². The molecule has 1 atom stereocenters. The molecule has 3 aromatic rings. The molecular formula is C25H25ClN2O3. The molecule has 0 bridgehead atoms. The molecule has 1 aliphatic heterocycles. The normalized spacial score (nSPS) is 17.0. The summed E-state index contributed by atoms with van der Waals surface area (Å²) in [5.74, 6) is 0.710. The first-order chi connectivity index (χ1) is 15.1.